The highest BCUT2D eigenvalue weighted by atomic mass is 79.9. The molecular weight excluding hydrogens is 446 g/mol. The molecule has 28 heavy (non-hydrogen) atoms. The van der Waals surface area contributed by atoms with Gasteiger partial charge in [-0.2, -0.15) is 5.10 Å². The van der Waals surface area contributed by atoms with Crippen LogP contribution in [-0.4, -0.2) is 22.6 Å². The van der Waals surface area contributed by atoms with Crippen molar-refractivity contribution in [1.29, 1.82) is 0 Å². The number of nitrogens with two attached hydrogens (primary N) is 1. The second-order valence-corrected chi connectivity index (χ2v) is 7.51. The Morgan fingerprint density at radius 1 is 1.18 bits per heavy atom. The van der Waals surface area contributed by atoms with Crippen molar-refractivity contribution in [2.45, 2.75) is 26.2 Å². The quantitative estimate of drug-likeness (QED) is 0.409. The van der Waals surface area contributed by atoms with Crippen LogP contribution in [0.15, 0.2) is 38.3 Å². The molecule has 1 aromatic carbocycles. The molecule has 0 spiro atoms. The standard InChI is InChI=1S/C18H18BrN5O3S/c1-9-14-12(21-24-18(20)28)3-2-4-13(14)27-15(9)17(26)23-22-16(25)10-5-7-11(19)8-6-10/h5-8H,2-4H2,1H3,(H,22,25)(H,23,26)(H3,20,24,28)/b21-12+. The maximum absolute atomic E-state index is 12.5. The van der Waals surface area contributed by atoms with Crippen molar-refractivity contribution in [3.8, 4) is 0 Å². The zero-order valence-electron chi connectivity index (χ0n) is 15.0. The van der Waals surface area contributed by atoms with Gasteiger partial charge < -0.3 is 10.2 Å². The van der Waals surface area contributed by atoms with Gasteiger partial charge in [-0.25, -0.2) is 0 Å². The predicted octanol–water partition coefficient (Wildman–Crippen LogP) is 2.30. The van der Waals surface area contributed by atoms with Gasteiger partial charge in [-0.3, -0.25) is 25.9 Å². The molecule has 8 nitrogen and oxygen atoms in total. The van der Waals surface area contributed by atoms with E-state index in [9.17, 15) is 9.59 Å². The maximum atomic E-state index is 12.5. The lowest BCUT2D eigenvalue weighted by atomic mass is 9.93. The van der Waals surface area contributed by atoms with Gasteiger partial charge in [0.2, 0.25) is 0 Å². The average Bonchev–Trinajstić information content (AvgIpc) is 3.02. The largest absolute Gasteiger partial charge is 0.455 e. The highest BCUT2D eigenvalue weighted by Gasteiger charge is 2.28. The molecule has 2 aromatic rings. The number of fused-ring (bicyclic) bond motifs is 1. The van der Waals surface area contributed by atoms with Gasteiger partial charge in [0.25, 0.3) is 5.91 Å². The lowest BCUT2D eigenvalue weighted by Crippen LogP contribution is -2.41. The molecule has 2 amide bonds. The number of hydrogen-bond acceptors (Lipinski definition) is 5. The number of hydrazone groups is 1. The molecule has 1 aliphatic rings. The molecular formula is C18H18BrN5O3S. The van der Waals surface area contributed by atoms with Gasteiger partial charge in [0.15, 0.2) is 10.9 Å². The summed E-state index contributed by atoms with van der Waals surface area (Å²) >= 11 is 8.08. The summed E-state index contributed by atoms with van der Waals surface area (Å²) in [6.07, 6.45) is 2.24. The highest BCUT2D eigenvalue weighted by molar-refractivity contribution is 9.10. The van der Waals surface area contributed by atoms with Gasteiger partial charge in [-0.1, -0.05) is 15.9 Å². The third-order valence-electron chi connectivity index (χ3n) is 4.23. The van der Waals surface area contributed by atoms with E-state index in [1.165, 1.54) is 0 Å². The number of benzene rings is 1. The summed E-state index contributed by atoms with van der Waals surface area (Å²) in [7, 11) is 0. The molecule has 146 valence electrons. The molecule has 0 radical (unpaired) electrons. The van der Waals surface area contributed by atoms with Crippen LogP contribution in [0.25, 0.3) is 0 Å². The third kappa shape index (κ3) is 4.39. The molecule has 1 aromatic heterocycles. The molecule has 10 heteroatoms. The summed E-state index contributed by atoms with van der Waals surface area (Å²) in [5, 5.41) is 4.28. The molecule has 3 rings (SSSR count). The van der Waals surface area contributed by atoms with E-state index in [0.717, 1.165) is 22.2 Å². The van der Waals surface area contributed by atoms with Crippen molar-refractivity contribution in [3.63, 3.8) is 0 Å². The maximum Gasteiger partial charge on any atom is 0.305 e. The van der Waals surface area contributed by atoms with Gasteiger partial charge in [0.1, 0.15) is 5.76 Å². The highest BCUT2D eigenvalue weighted by Crippen LogP contribution is 2.29. The minimum atomic E-state index is -0.543. The number of hydrogen-bond donors (Lipinski definition) is 4. The zero-order chi connectivity index (χ0) is 20.3. The predicted molar refractivity (Wildman–Crippen MR) is 112 cm³/mol. The van der Waals surface area contributed by atoms with Gasteiger partial charge in [0.05, 0.1) is 5.71 Å². The summed E-state index contributed by atoms with van der Waals surface area (Å²) in [5.74, 6) is -0.167. The Kier molecular flexibility index (Phi) is 6.10. The number of hydrazine groups is 1. The fourth-order valence-electron chi connectivity index (χ4n) is 2.96. The number of carbonyl (C=O) groups is 2. The average molecular weight is 464 g/mol. The van der Waals surface area contributed by atoms with Crippen molar-refractivity contribution in [2.75, 3.05) is 0 Å². The topological polar surface area (TPSA) is 122 Å². The Hall–Kier alpha value is -2.72. The van der Waals surface area contributed by atoms with Crippen LogP contribution in [0.5, 0.6) is 0 Å². The number of carbonyl (C=O) groups excluding carboxylic acids is 2. The van der Waals surface area contributed by atoms with Crippen LogP contribution in [0.4, 0.5) is 0 Å². The second-order valence-electron chi connectivity index (χ2n) is 6.16. The summed E-state index contributed by atoms with van der Waals surface area (Å²) in [5.41, 5.74) is 15.3. The van der Waals surface area contributed by atoms with Crippen molar-refractivity contribution in [3.05, 3.63) is 56.9 Å². The Bertz CT molecular complexity index is 968. The third-order valence-corrected chi connectivity index (χ3v) is 4.85. The molecule has 0 bridgehead atoms. The van der Waals surface area contributed by atoms with Gasteiger partial charge in [-0.15, -0.1) is 0 Å². The van der Waals surface area contributed by atoms with Crippen LogP contribution in [0.2, 0.25) is 0 Å². The number of amides is 2. The minimum Gasteiger partial charge on any atom is -0.455 e. The van der Waals surface area contributed by atoms with Crippen molar-refractivity contribution >= 4 is 50.8 Å². The van der Waals surface area contributed by atoms with Crippen molar-refractivity contribution in [2.24, 2.45) is 10.8 Å². The van der Waals surface area contributed by atoms with E-state index in [0.29, 0.717) is 29.7 Å². The second kappa shape index (κ2) is 8.53. The van der Waals surface area contributed by atoms with Gasteiger partial charge in [0, 0.05) is 27.6 Å². The summed E-state index contributed by atoms with van der Waals surface area (Å²) in [4.78, 5) is 24.7. The number of rotatable bonds is 3. The lowest BCUT2D eigenvalue weighted by molar-refractivity contribution is 0.0829. The molecule has 0 aliphatic heterocycles. The number of nitrogens with zero attached hydrogens (tertiary/aromatic N) is 1. The fourth-order valence-corrected chi connectivity index (χ4v) is 3.27. The zero-order valence-corrected chi connectivity index (χ0v) is 17.4. The van der Waals surface area contributed by atoms with Crippen LogP contribution in [0.3, 0.4) is 0 Å². The molecule has 0 atom stereocenters. The Morgan fingerprint density at radius 2 is 1.86 bits per heavy atom. The van der Waals surface area contributed by atoms with E-state index in [1.54, 1.807) is 31.2 Å². The van der Waals surface area contributed by atoms with E-state index < -0.39 is 11.8 Å². The van der Waals surface area contributed by atoms with Crippen LogP contribution in [-0.2, 0) is 6.42 Å². The molecule has 0 unspecified atom stereocenters. The first-order chi connectivity index (χ1) is 13.4. The van der Waals surface area contributed by atoms with E-state index in [2.05, 4.69) is 37.3 Å². The fraction of sp³-hybridized carbons (Fsp3) is 0.222. The smallest absolute Gasteiger partial charge is 0.305 e. The molecule has 5 N–H and O–H groups in total. The molecule has 1 aliphatic carbocycles. The first-order valence-electron chi connectivity index (χ1n) is 8.47. The number of nitrogens with one attached hydrogen (secondary N) is 3. The van der Waals surface area contributed by atoms with Crippen LogP contribution < -0.4 is 22.0 Å². The van der Waals surface area contributed by atoms with Crippen molar-refractivity contribution in [1.82, 2.24) is 16.3 Å². The van der Waals surface area contributed by atoms with Gasteiger partial charge in [-0.05, 0) is 56.2 Å². The van der Waals surface area contributed by atoms with Crippen LogP contribution in [0.1, 0.15) is 50.6 Å². The Morgan fingerprint density at radius 3 is 2.54 bits per heavy atom. The van der Waals surface area contributed by atoms with E-state index in [4.69, 9.17) is 22.4 Å². The summed E-state index contributed by atoms with van der Waals surface area (Å²) in [6, 6.07) is 6.76. The van der Waals surface area contributed by atoms with Gasteiger partial charge >= 0.3 is 5.91 Å². The molecule has 0 saturated carbocycles. The molecule has 1 heterocycles. The first kappa shape index (κ1) is 20.0. The Balaban J connectivity index is 1.74. The summed E-state index contributed by atoms with van der Waals surface area (Å²) in [6.45, 7) is 1.77. The molecule has 0 fully saturated rings. The minimum absolute atomic E-state index is 0.0643. The number of halogens is 1. The number of aryl methyl sites for hydroxylation is 1. The monoisotopic (exact) mass is 463 g/mol. The summed E-state index contributed by atoms with van der Waals surface area (Å²) < 4.78 is 6.60. The van der Waals surface area contributed by atoms with E-state index >= 15 is 0 Å². The SMILES string of the molecule is Cc1c(C(=O)NNC(=O)c2ccc(Br)cc2)oc2c1/C(=N/NC(N)=S)CCC2. The first-order valence-corrected chi connectivity index (χ1v) is 9.68. The number of thiocarbonyl (C=S) groups is 1. The lowest BCUT2D eigenvalue weighted by Gasteiger charge is -2.13. The van der Waals surface area contributed by atoms with E-state index in [-0.39, 0.29) is 10.9 Å². The van der Waals surface area contributed by atoms with Crippen LogP contribution in [0, 0.1) is 6.92 Å². The van der Waals surface area contributed by atoms with E-state index in [1.807, 2.05) is 0 Å². The van der Waals surface area contributed by atoms with Crippen LogP contribution >= 0.6 is 28.1 Å². The molecule has 0 saturated heterocycles. The Labute approximate surface area is 175 Å². The number of furan rings is 1. The van der Waals surface area contributed by atoms with Crippen molar-refractivity contribution < 1.29 is 14.0 Å². The normalized spacial score (nSPS) is 14.3.